The van der Waals surface area contributed by atoms with E-state index in [0.29, 0.717) is 31.1 Å². The second-order valence-electron chi connectivity index (χ2n) is 5.87. The van der Waals surface area contributed by atoms with Crippen molar-refractivity contribution in [2.75, 3.05) is 26.7 Å². The zero-order valence-electron chi connectivity index (χ0n) is 11.2. The topological polar surface area (TPSA) is 69.8 Å². The van der Waals surface area contributed by atoms with E-state index in [4.69, 9.17) is 10.8 Å². The number of hydrogen-bond donors (Lipinski definition) is 2. The molecule has 104 valence electrons. The molecule has 1 amide bonds. The first-order chi connectivity index (χ1) is 8.56. The second-order valence-corrected chi connectivity index (χ2v) is 5.87. The average Bonchev–Trinajstić information content (AvgIpc) is 2.32. The molecule has 0 unspecified atom stereocenters. The lowest BCUT2D eigenvalue weighted by atomic mass is 9.86. The van der Waals surface area contributed by atoms with Crippen molar-refractivity contribution >= 4 is 6.09 Å². The van der Waals surface area contributed by atoms with E-state index in [1.165, 1.54) is 11.3 Å². The van der Waals surface area contributed by atoms with E-state index in [2.05, 4.69) is 11.9 Å². The van der Waals surface area contributed by atoms with Gasteiger partial charge in [-0.3, -0.25) is 0 Å². The molecule has 1 aliphatic heterocycles. The molecule has 1 heterocycles. The summed E-state index contributed by atoms with van der Waals surface area (Å²) in [5, 5.41) is 8.89. The number of amides is 1. The average molecular weight is 255 g/mol. The lowest BCUT2D eigenvalue weighted by Crippen LogP contribution is -2.49. The zero-order valence-corrected chi connectivity index (χ0v) is 11.2. The molecular formula is C13H25N3O2. The van der Waals surface area contributed by atoms with Gasteiger partial charge in [0, 0.05) is 25.2 Å². The minimum absolute atomic E-state index is 0.413. The van der Waals surface area contributed by atoms with Gasteiger partial charge in [0.1, 0.15) is 0 Å². The minimum Gasteiger partial charge on any atom is -0.465 e. The van der Waals surface area contributed by atoms with Gasteiger partial charge in [-0.25, -0.2) is 4.79 Å². The first-order valence-electron chi connectivity index (χ1n) is 7.00. The summed E-state index contributed by atoms with van der Waals surface area (Å²) in [7, 11) is 2.18. The first kappa shape index (κ1) is 13.6. The molecule has 18 heavy (non-hydrogen) atoms. The number of nitrogens with zero attached hydrogens (tertiary/aromatic N) is 2. The Hall–Kier alpha value is -0.810. The predicted octanol–water partition coefficient (Wildman–Crippen LogP) is 1.19. The summed E-state index contributed by atoms with van der Waals surface area (Å²) in [6.07, 6.45) is 4.72. The predicted molar refractivity (Wildman–Crippen MR) is 70.6 cm³/mol. The number of carbonyl (C=O) groups is 1. The van der Waals surface area contributed by atoms with Crippen LogP contribution in [0.25, 0.3) is 0 Å². The van der Waals surface area contributed by atoms with E-state index >= 15 is 0 Å². The van der Waals surface area contributed by atoms with Crippen LogP contribution >= 0.6 is 0 Å². The molecule has 2 rings (SSSR count). The van der Waals surface area contributed by atoms with Gasteiger partial charge < -0.3 is 20.6 Å². The maximum atomic E-state index is 10.8. The number of hydrogen-bond acceptors (Lipinski definition) is 3. The third kappa shape index (κ3) is 3.36. The van der Waals surface area contributed by atoms with Crippen LogP contribution in [0.1, 0.15) is 32.1 Å². The molecule has 3 N–H and O–H groups in total. The van der Waals surface area contributed by atoms with E-state index in [1.807, 2.05) is 0 Å². The normalized spacial score (nSPS) is 29.4. The van der Waals surface area contributed by atoms with Crippen LogP contribution in [0.3, 0.4) is 0 Å². The highest BCUT2D eigenvalue weighted by molar-refractivity contribution is 5.64. The SMILES string of the molecule is CN(CCC1CCN(C(=O)O)CC1)C1CC(N)C1. The van der Waals surface area contributed by atoms with Crippen LogP contribution in [-0.4, -0.2) is 59.8 Å². The molecule has 2 fully saturated rings. The van der Waals surface area contributed by atoms with Gasteiger partial charge in [0.15, 0.2) is 0 Å². The number of rotatable bonds is 4. The first-order valence-corrected chi connectivity index (χ1v) is 7.00. The summed E-state index contributed by atoms with van der Waals surface area (Å²) in [5.74, 6) is 0.691. The summed E-state index contributed by atoms with van der Waals surface area (Å²) in [4.78, 5) is 14.8. The minimum atomic E-state index is -0.769. The third-order valence-corrected chi connectivity index (χ3v) is 4.55. The summed E-state index contributed by atoms with van der Waals surface area (Å²) < 4.78 is 0. The van der Waals surface area contributed by atoms with Crippen LogP contribution in [0.5, 0.6) is 0 Å². The largest absolute Gasteiger partial charge is 0.465 e. The van der Waals surface area contributed by atoms with Crippen molar-refractivity contribution in [3.63, 3.8) is 0 Å². The van der Waals surface area contributed by atoms with Crippen molar-refractivity contribution in [2.24, 2.45) is 11.7 Å². The maximum absolute atomic E-state index is 10.8. The van der Waals surface area contributed by atoms with Gasteiger partial charge in [-0.2, -0.15) is 0 Å². The Labute approximate surface area is 109 Å². The van der Waals surface area contributed by atoms with Gasteiger partial charge >= 0.3 is 6.09 Å². The number of carboxylic acid groups (broad SMARTS) is 1. The van der Waals surface area contributed by atoms with Crippen molar-refractivity contribution in [1.29, 1.82) is 0 Å². The number of piperidine rings is 1. The van der Waals surface area contributed by atoms with Crippen LogP contribution in [0, 0.1) is 5.92 Å². The molecule has 0 aromatic heterocycles. The summed E-state index contributed by atoms with van der Waals surface area (Å²) in [5.41, 5.74) is 5.80. The molecule has 0 radical (unpaired) electrons. The van der Waals surface area contributed by atoms with Crippen LogP contribution in [0.4, 0.5) is 4.79 Å². The Kier molecular flexibility index (Phi) is 4.45. The van der Waals surface area contributed by atoms with Gasteiger partial charge in [-0.15, -0.1) is 0 Å². The molecule has 2 aliphatic rings. The van der Waals surface area contributed by atoms with Crippen LogP contribution in [0.2, 0.25) is 0 Å². The Balaban J connectivity index is 1.61. The Bertz CT molecular complexity index is 284. The highest BCUT2D eigenvalue weighted by atomic mass is 16.4. The second kappa shape index (κ2) is 5.89. The van der Waals surface area contributed by atoms with Crippen LogP contribution < -0.4 is 5.73 Å². The quantitative estimate of drug-likeness (QED) is 0.791. The van der Waals surface area contributed by atoms with Gasteiger partial charge in [0.25, 0.3) is 0 Å². The Morgan fingerprint density at radius 1 is 1.39 bits per heavy atom. The molecule has 0 aromatic rings. The molecule has 5 heteroatoms. The van der Waals surface area contributed by atoms with E-state index in [1.54, 1.807) is 0 Å². The van der Waals surface area contributed by atoms with Gasteiger partial charge in [0.05, 0.1) is 0 Å². The molecule has 0 aromatic carbocycles. The molecule has 1 saturated heterocycles. The standard InChI is InChI=1S/C13H25N3O2/c1-15(12-8-11(14)9-12)5-2-10-3-6-16(7-4-10)13(17)18/h10-12H,2-9,14H2,1H3,(H,17,18). The van der Waals surface area contributed by atoms with Crippen LogP contribution in [-0.2, 0) is 0 Å². The maximum Gasteiger partial charge on any atom is 0.407 e. The van der Waals surface area contributed by atoms with E-state index < -0.39 is 6.09 Å². The summed E-state index contributed by atoms with van der Waals surface area (Å²) in [6.45, 7) is 2.53. The summed E-state index contributed by atoms with van der Waals surface area (Å²) in [6, 6.07) is 1.09. The van der Waals surface area contributed by atoms with Crippen molar-refractivity contribution in [1.82, 2.24) is 9.80 Å². The molecule has 0 spiro atoms. The number of likely N-dealkylation sites (tertiary alicyclic amines) is 1. The van der Waals surface area contributed by atoms with E-state index in [-0.39, 0.29) is 0 Å². The van der Waals surface area contributed by atoms with Gasteiger partial charge in [0.2, 0.25) is 0 Å². The monoisotopic (exact) mass is 255 g/mol. The van der Waals surface area contributed by atoms with Crippen molar-refractivity contribution in [3.05, 3.63) is 0 Å². The van der Waals surface area contributed by atoms with Crippen molar-refractivity contribution < 1.29 is 9.90 Å². The molecule has 1 aliphatic carbocycles. The smallest absolute Gasteiger partial charge is 0.407 e. The van der Waals surface area contributed by atoms with E-state index in [0.717, 1.165) is 32.2 Å². The molecule has 0 bridgehead atoms. The lowest BCUT2D eigenvalue weighted by molar-refractivity contribution is 0.108. The fraction of sp³-hybridized carbons (Fsp3) is 0.923. The van der Waals surface area contributed by atoms with Gasteiger partial charge in [-0.05, 0) is 51.6 Å². The Morgan fingerprint density at radius 2 is 2.00 bits per heavy atom. The third-order valence-electron chi connectivity index (χ3n) is 4.55. The highest BCUT2D eigenvalue weighted by Crippen LogP contribution is 2.25. The molecular weight excluding hydrogens is 230 g/mol. The fourth-order valence-corrected chi connectivity index (χ4v) is 2.97. The van der Waals surface area contributed by atoms with E-state index in [9.17, 15) is 4.79 Å². The van der Waals surface area contributed by atoms with Crippen molar-refractivity contribution in [3.8, 4) is 0 Å². The summed E-state index contributed by atoms with van der Waals surface area (Å²) >= 11 is 0. The molecule has 1 saturated carbocycles. The highest BCUT2D eigenvalue weighted by Gasteiger charge is 2.29. The Morgan fingerprint density at radius 3 is 2.50 bits per heavy atom. The molecule has 0 atom stereocenters. The lowest BCUT2D eigenvalue weighted by Gasteiger charge is -2.40. The van der Waals surface area contributed by atoms with Crippen molar-refractivity contribution in [2.45, 2.75) is 44.2 Å². The van der Waals surface area contributed by atoms with Gasteiger partial charge in [-0.1, -0.05) is 0 Å². The van der Waals surface area contributed by atoms with Crippen LogP contribution in [0.15, 0.2) is 0 Å². The fourth-order valence-electron chi connectivity index (χ4n) is 2.97. The zero-order chi connectivity index (χ0) is 13.1. The molecule has 5 nitrogen and oxygen atoms in total. The number of nitrogens with two attached hydrogens (primary N) is 1.